The van der Waals surface area contributed by atoms with Crippen molar-refractivity contribution >= 4 is 0 Å². The molecular formula is C25H26F4O. The van der Waals surface area contributed by atoms with E-state index in [-0.39, 0.29) is 29.2 Å². The summed E-state index contributed by atoms with van der Waals surface area (Å²) >= 11 is 0. The van der Waals surface area contributed by atoms with Gasteiger partial charge in [0.1, 0.15) is 0 Å². The van der Waals surface area contributed by atoms with Gasteiger partial charge >= 0.3 is 0 Å². The van der Waals surface area contributed by atoms with Crippen molar-refractivity contribution in [2.45, 2.75) is 58.0 Å². The number of hydrogen-bond donors (Lipinski definition) is 0. The van der Waals surface area contributed by atoms with Gasteiger partial charge in [-0.05, 0) is 80.0 Å². The number of rotatable bonds is 6. The minimum atomic E-state index is -1.09. The molecule has 30 heavy (non-hydrogen) atoms. The Kier molecular flexibility index (Phi) is 6.01. The summed E-state index contributed by atoms with van der Waals surface area (Å²) < 4.78 is 64.7. The SMILES string of the molecule is C=CCCc1cc2c(c(F)c1F)-c1c(cc(CCC3CCC(C)OC3)c(F)c1F)C2. The van der Waals surface area contributed by atoms with Gasteiger partial charge in [0.2, 0.25) is 0 Å². The number of hydrogen-bond acceptors (Lipinski definition) is 1. The molecule has 0 amide bonds. The van der Waals surface area contributed by atoms with Crippen molar-refractivity contribution in [2.75, 3.05) is 6.61 Å². The Morgan fingerprint density at radius 3 is 2.07 bits per heavy atom. The lowest BCUT2D eigenvalue weighted by Crippen LogP contribution is -2.24. The summed E-state index contributed by atoms with van der Waals surface area (Å²) in [6.07, 6.45) is 6.09. The summed E-state index contributed by atoms with van der Waals surface area (Å²) in [6, 6.07) is 3.20. The minimum Gasteiger partial charge on any atom is -0.378 e. The highest BCUT2D eigenvalue weighted by Gasteiger charge is 2.32. The topological polar surface area (TPSA) is 9.23 Å². The van der Waals surface area contributed by atoms with Gasteiger partial charge in [0.15, 0.2) is 23.3 Å². The summed E-state index contributed by atoms with van der Waals surface area (Å²) in [5, 5.41) is 0. The highest BCUT2D eigenvalue weighted by Crippen LogP contribution is 2.43. The highest BCUT2D eigenvalue weighted by atomic mass is 19.2. The molecule has 1 heterocycles. The number of benzene rings is 2. The van der Waals surface area contributed by atoms with Gasteiger partial charge in [0.25, 0.3) is 0 Å². The Bertz CT molecular complexity index is 974. The first-order valence-electron chi connectivity index (χ1n) is 10.6. The van der Waals surface area contributed by atoms with E-state index in [9.17, 15) is 17.6 Å². The van der Waals surface area contributed by atoms with Gasteiger partial charge in [-0.1, -0.05) is 18.2 Å². The molecule has 0 aromatic heterocycles. The van der Waals surface area contributed by atoms with Crippen LogP contribution in [0.5, 0.6) is 0 Å². The Morgan fingerprint density at radius 1 is 0.933 bits per heavy atom. The van der Waals surface area contributed by atoms with Crippen LogP contribution >= 0.6 is 0 Å². The third-order valence-electron chi connectivity index (χ3n) is 6.40. The van der Waals surface area contributed by atoms with E-state index in [1.54, 1.807) is 18.2 Å². The van der Waals surface area contributed by atoms with E-state index in [0.29, 0.717) is 54.9 Å². The minimum absolute atomic E-state index is 0.132. The molecule has 5 heteroatoms. The third-order valence-corrected chi connectivity index (χ3v) is 6.40. The molecule has 1 nitrogen and oxygen atoms in total. The first-order valence-corrected chi connectivity index (χ1v) is 10.6. The average Bonchev–Trinajstić information content (AvgIpc) is 3.10. The molecule has 0 bridgehead atoms. The zero-order chi connectivity index (χ0) is 21.4. The van der Waals surface area contributed by atoms with Gasteiger partial charge in [-0.2, -0.15) is 0 Å². The maximum atomic E-state index is 15.0. The fourth-order valence-electron chi connectivity index (χ4n) is 4.65. The van der Waals surface area contributed by atoms with Crippen LogP contribution in [0.15, 0.2) is 24.8 Å². The lowest BCUT2D eigenvalue weighted by molar-refractivity contribution is -0.00699. The monoisotopic (exact) mass is 418 g/mol. The molecule has 1 aliphatic heterocycles. The van der Waals surface area contributed by atoms with Crippen LogP contribution in [0, 0.1) is 29.2 Å². The summed E-state index contributed by atoms with van der Waals surface area (Å²) in [4.78, 5) is 0. The smallest absolute Gasteiger partial charge is 0.167 e. The van der Waals surface area contributed by atoms with Gasteiger partial charge in [-0.25, -0.2) is 17.6 Å². The van der Waals surface area contributed by atoms with E-state index >= 15 is 0 Å². The molecule has 2 aromatic carbocycles. The fraction of sp³-hybridized carbons (Fsp3) is 0.440. The average molecular weight is 418 g/mol. The predicted molar refractivity (Wildman–Crippen MR) is 109 cm³/mol. The van der Waals surface area contributed by atoms with Crippen LogP contribution in [-0.4, -0.2) is 12.7 Å². The Labute approximate surface area is 174 Å². The number of fused-ring (bicyclic) bond motifs is 3. The lowest BCUT2D eigenvalue weighted by Gasteiger charge is -2.26. The van der Waals surface area contributed by atoms with Crippen molar-refractivity contribution in [3.63, 3.8) is 0 Å². The second-order valence-electron chi connectivity index (χ2n) is 8.53. The van der Waals surface area contributed by atoms with Gasteiger partial charge in [0.05, 0.1) is 6.10 Å². The summed E-state index contributed by atoms with van der Waals surface area (Å²) in [6.45, 7) is 6.28. The molecular weight excluding hydrogens is 392 g/mol. The van der Waals surface area contributed by atoms with Crippen LogP contribution in [-0.2, 0) is 24.0 Å². The number of aryl methyl sites for hydroxylation is 2. The molecule has 0 saturated carbocycles. The van der Waals surface area contributed by atoms with Crippen molar-refractivity contribution in [2.24, 2.45) is 5.92 Å². The largest absolute Gasteiger partial charge is 0.378 e. The number of ether oxygens (including phenoxy) is 1. The number of halogens is 4. The van der Waals surface area contributed by atoms with Crippen molar-refractivity contribution in [3.8, 4) is 11.1 Å². The second-order valence-corrected chi connectivity index (χ2v) is 8.53. The Hall–Kier alpha value is -2.14. The van der Waals surface area contributed by atoms with Crippen molar-refractivity contribution in [1.82, 2.24) is 0 Å². The van der Waals surface area contributed by atoms with E-state index < -0.39 is 23.3 Å². The molecule has 1 aliphatic carbocycles. The number of allylic oxidation sites excluding steroid dienone is 1. The molecule has 0 radical (unpaired) electrons. The summed E-state index contributed by atoms with van der Waals surface area (Å²) in [5.74, 6) is -3.79. The van der Waals surface area contributed by atoms with Gasteiger partial charge in [0, 0.05) is 17.7 Å². The quantitative estimate of drug-likeness (QED) is 0.320. The van der Waals surface area contributed by atoms with E-state index in [0.717, 1.165) is 12.8 Å². The van der Waals surface area contributed by atoms with Crippen LogP contribution in [0.4, 0.5) is 17.6 Å². The molecule has 4 rings (SSSR count). The first kappa shape index (κ1) is 21.1. The zero-order valence-corrected chi connectivity index (χ0v) is 17.2. The van der Waals surface area contributed by atoms with E-state index in [1.165, 1.54) is 0 Å². The van der Waals surface area contributed by atoms with Gasteiger partial charge in [-0.15, -0.1) is 6.58 Å². The molecule has 2 aromatic rings. The summed E-state index contributed by atoms with van der Waals surface area (Å²) in [7, 11) is 0. The normalized spacial score (nSPS) is 20.2. The molecule has 0 spiro atoms. The standard InChI is InChI=1S/C25H26F4O/c1-3-4-5-16-10-18-12-19-11-17(9-8-15-7-6-14(2)30-13-15)23(27)25(29)21(19)20(18)24(28)22(16)26/h3,10-11,14-15H,1,4-9,12-13H2,2H3. The van der Waals surface area contributed by atoms with Crippen LogP contribution in [0.2, 0.25) is 0 Å². The van der Waals surface area contributed by atoms with Crippen LogP contribution < -0.4 is 0 Å². The zero-order valence-electron chi connectivity index (χ0n) is 17.2. The molecule has 2 atom stereocenters. The van der Waals surface area contributed by atoms with Gasteiger partial charge < -0.3 is 4.74 Å². The Morgan fingerprint density at radius 2 is 1.53 bits per heavy atom. The second kappa shape index (κ2) is 8.54. The van der Waals surface area contributed by atoms with Crippen LogP contribution in [0.1, 0.15) is 54.9 Å². The molecule has 0 N–H and O–H groups in total. The van der Waals surface area contributed by atoms with Crippen molar-refractivity contribution < 1.29 is 22.3 Å². The van der Waals surface area contributed by atoms with Crippen LogP contribution in [0.3, 0.4) is 0 Å². The van der Waals surface area contributed by atoms with Crippen molar-refractivity contribution in [1.29, 1.82) is 0 Å². The maximum Gasteiger partial charge on any atom is 0.167 e. The molecule has 1 saturated heterocycles. The highest BCUT2D eigenvalue weighted by molar-refractivity contribution is 5.79. The molecule has 2 aliphatic rings. The van der Waals surface area contributed by atoms with E-state index in [2.05, 4.69) is 6.58 Å². The molecule has 2 unspecified atom stereocenters. The molecule has 1 fully saturated rings. The molecule has 160 valence electrons. The fourth-order valence-corrected chi connectivity index (χ4v) is 4.65. The summed E-state index contributed by atoms with van der Waals surface area (Å²) in [5.41, 5.74) is 1.30. The third kappa shape index (κ3) is 3.80. The van der Waals surface area contributed by atoms with Crippen molar-refractivity contribution in [3.05, 3.63) is 70.3 Å². The predicted octanol–water partition coefficient (Wildman–Crippen LogP) is 6.68. The van der Waals surface area contributed by atoms with Crippen LogP contribution in [0.25, 0.3) is 11.1 Å². The maximum absolute atomic E-state index is 15.0. The van der Waals surface area contributed by atoms with Gasteiger partial charge in [-0.3, -0.25) is 0 Å². The van der Waals surface area contributed by atoms with E-state index in [1.807, 2.05) is 6.92 Å². The lowest BCUT2D eigenvalue weighted by atomic mass is 9.91. The Balaban J connectivity index is 1.62. The van der Waals surface area contributed by atoms with E-state index in [4.69, 9.17) is 4.74 Å². The first-order chi connectivity index (χ1) is 14.4.